The number of nitrogens with one attached hydrogen (secondary N) is 1. The molecule has 1 heterocycles. The highest BCUT2D eigenvalue weighted by Crippen LogP contribution is 2.53. The molecule has 1 atom stereocenters. The molecule has 65 heavy (non-hydrogen) atoms. The monoisotopic (exact) mass is 824 g/mol. The molecular weight excluding hydrogens is 789 g/mol. The molecule has 4 heteroatoms. The van der Waals surface area contributed by atoms with Crippen LogP contribution in [0.4, 0.5) is 17.1 Å². The molecule has 1 unspecified atom stereocenters. The van der Waals surface area contributed by atoms with E-state index in [1.807, 2.05) is 24.3 Å². The van der Waals surface area contributed by atoms with Crippen molar-refractivity contribution in [2.45, 2.75) is 6.17 Å². The summed E-state index contributed by atoms with van der Waals surface area (Å²) in [6.07, 6.45) is -0.0129. The van der Waals surface area contributed by atoms with E-state index in [4.69, 9.17) is 0 Å². The van der Waals surface area contributed by atoms with Crippen LogP contribution in [0.25, 0.3) is 98.7 Å². The van der Waals surface area contributed by atoms with Gasteiger partial charge in [0.2, 0.25) is 0 Å². The second kappa shape index (κ2) is 14.3. The smallest absolute Gasteiger partial charge is 0.130 e. The summed E-state index contributed by atoms with van der Waals surface area (Å²) in [4.78, 5) is 2.40. The molecule has 11 aromatic carbocycles. The fourth-order valence-electron chi connectivity index (χ4n) is 10.6. The van der Waals surface area contributed by atoms with Gasteiger partial charge in [0, 0.05) is 5.69 Å². The van der Waals surface area contributed by atoms with Crippen LogP contribution in [0.1, 0.15) is 22.9 Å². The Morgan fingerprint density at radius 1 is 0.369 bits per heavy atom. The van der Waals surface area contributed by atoms with Crippen molar-refractivity contribution in [2.24, 2.45) is 0 Å². The van der Waals surface area contributed by atoms with E-state index in [1.54, 1.807) is 0 Å². The van der Waals surface area contributed by atoms with E-state index in [0.717, 1.165) is 44.4 Å². The maximum atomic E-state index is 9.70. The third kappa shape index (κ3) is 5.62. The van der Waals surface area contributed by atoms with Crippen molar-refractivity contribution < 1.29 is 0 Å². The maximum Gasteiger partial charge on any atom is 0.130 e. The Morgan fingerprint density at radius 2 is 0.877 bits per heavy atom. The summed E-state index contributed by atoms with van der Waals surface area (Å²) in [5, 5.41) is 32.6. The van der Waals surface area contributed by atoms with Crippen molar-refractivity contribution in [3.05, 3.63) is 223 Å². The first-order valence-electron chi connectivity index (χ1n) is 22.0. The zero-order valence-corrected chi connectivity index (χ0v) is 35.0. The van der Waals surface area contributed by atoms with Gasteiger partial charge in [-0.2, -0.15) is 10.5 Å². The number of para-hydroxylation sites is 2. The molecule has 1 N–H and O–H groups in total. The molecule has 0 fully saturated rings. The summed E-state index contributed by atoms with van der Waals surface area (Å²) >= 11 is 0. The lowest BCUT2D eigenvalue weighted by Gasteiger charge is -2.27. The summed E-state index contributed by atoms with van der Waals surface area (Å²) in [6.45, 7) is 0. The summed E-state index contributed by atoms with van der Waals surface area (Å²) < 4.78 is 0. The van der Waals surface area contributed by atoms with Crippen LogP contribution in [0, 0.1) is 22.7 Å². The second-order valence-electron chi connectivity index (χ2n) is 17.1. The molecule has 1 aliphatic heterocycles. The molecule has 2 aliphatic rings. The topological polar surface area (TPSA) is 62.9 Å². The van der Waals surface area contributed by atoms with Crippen LogP contribution >= 0.6 is 0 Å². The van der Waals surface area contributed by atoms with Gasteiger partial charge in [-0.05, 0) is 177 Å². The maximum absolute atomic E-state index is 9.70. The van der Waals surface area contributed by atoms with Crippen LogP contribution in [-0.4, -0.2) is 0 Å². The fourth-order valence-corrected chi connectivity index (χ4v) is 10.6. The molecule has 0 amide bonds. The SMILES string of the molecule is N#Cc1ccc(-c2cc3c4cc5c(cc4c(-c4ccc(C#N)cc4)cc3c3ccccc23)-c2ccc(-c3ccc(N4c6ccccc6NC4c4ccccc4)cc3)c3cccc-5c23)cc1. The average molecular weight is 825 g/mol. The molecule has 13 rings (SSSR count). The molecule has 300 valence electrons. The van der Waals surface area contributed by atoms with E-state index in [0.29, 0.717) is 11.1 Å². The number of fused-ring (bicyclic) bond motifs is 9. The van der Waals surface area contributed by atoms with Crippen molar-refractivity contribution >= 4 is 60.2 Å². The number of rotatable bonds is 5. The zero-order valence-electron chi connectivity index (χ0n) is 35.0. The molecule has 4 nitrogen and oxygen atoms in total. The van der Waals surface area contributed by atoms with E-state index in [1.165, 1.54) is 76.9 Å². The largest absolute Gasteiger partial charge is 0.359 e. The number of hydrogen-bond acceptors (Lipinski definition) is 4. The van der Waals surface area contributed by atoms with Crippen molar-refractivity contribution in [1.29, 1.82) is 10.5 Å². The number of benzene rings is 11. The Bertz CT molecular complexity index is 3860. The minimum absolute atomic E-state index is 0.0129. The highest BCUT2D eigenvalue weighted by atomic mass is 15.3. The molecule has 0 spiro atoms. The minimum atomic E-state index is -0.0129. The first kappa shape index (κ1) is 36.7. The van der Waals surface area contributed by atoms with Crippen LogP contribution in [0.15, 0.2) is 206 Å². The van der Waals surface area contributed by atoms with Gasteiger partial charge < -0.3 is 10.2 Å². The molecule has 0 saturated carbocycles. The summed E-state index contributed by atoms with van der Waals surface area (Å²) in [6, 6.07) is 78.2. The van der Waals surface area contributed by atoms with Gasteiger partial charge in [-0.25, -0.2) is 0 Å². The van der Waals surface area contributed by atoms with Crippen molar-refractivity contribution in [1.82, 2.24) is 0 Å². The normalized spacial score (nSPS) is 13.4. The van der Waals surface area contributed by atoms with Gasteiger partial charge in [-0.1, -0.05) is 133 Å². The van der Waals surface area contributed by atoms with E-state index >= 15 is 0 Å². The number of hydrogen-bond donors (Lipinski definition) is 1. The number of anilines is 3. The predicted octanol–water partition coefficient (Wildman–Crippen LogP) is 16.0. The van der Waals surface area contributed by atoms with Crippen LogP contribution in [0.2, 0.25) is 0 Å². The van der Waals surface area contributed by atoms with Crippen LogP contribution in [0.3, 0.4) is 0 Å². The Hall–Kier alpha value is -8.96. The predicted molar refractivity (Wildman–Crippen MR) is 268 cm³/mol. The van der Waals surface area contributed by atoms with Crippen molar-refractivity contribution in [3.8, 4) is 67.8 Å². The van der Waals surface area contributed by atoms with Crippen LogP contribution in [-0.2, 0) is 0 Å². The summed E-state index contributed by atoms with van der Waals surface area (Å²) in [5.74, 6) is 0. The van der Waals surface area contributed by atoms with Gasteiger partial charge in [-0.3, -0.25) is 0 Å². The van der Waals surface area contributed by atoms with E-state index in [9.17, 15) is 10.5 Å². The fraction of sp³-hybridized carbons (Fsp3) is 0.0164. The van der Waals surface area contributed by atoms with E-state index in [2.05, 4.69) is 204 Å². The molecule has 1 aliphatic carbocycles. The lowest BCUT2D eigenvalue weighted by atomic mass is 9.86. The standard InChI is InChI=1S/C61H36N4/c62-35-37-17-21-40(22-18-37)50-31-56-52(46-12-5-4-11-45(46)50)32-51(41-23-19-38(36-63)20-24-41)55-33-54-49-30-29-44(47-13-8-14-48(60(47)49)53(54)34-57(55)56)39-25-27-43(28-26-39)65-59-16-7-6-15-58(59)64-61(65)42-9-2-1-3-10-42/h1-34,61,64H. The Kier molecular flexibility index (Phi) is 8.06. The van der Waals surface area contributed by atoms with Crippen LogP contribution in [0.5, 0.6) is 0 Å². The number of nitriles is 2. The first-order chi connectivity index (χ1) is 32.1. The van der Waals surface area contributed by atoms with Gasteiger partial charge in [0.15, 0.2) is 0 Å². The zero-order chi connectivity index (χ0) is 43.2. The molecule has 11 aromatic rings. The summed E-state index contributed by atoms with van der Waals surface area (Å²) in [7, 11) is 0. The Morgan fingerprint density at radius 3 is 1.58 bits per heavy atom. The molecule has 0 saturated heterocycles. The van der Waals surface area contributed by atoms with E-state index < -0.39 is 0 Å². The Balaban J connectivity index is 0.990. The van der Waals surface area contributed by atoms with Crippen molar-refractivity contribution in [2.75, 3.05) is 10.2 Å². The van der Waals surface area contributed by atoms with E-state index in [-0.39, 0.29) is 6.17 Å². The average Bonchev–Trinajstić information content (AvgIpc) is 3.92. The highest BCUT2D eigenvalue weighted by Gasteiger charge is 2.31. The molecule has 0 radical (unpaired) electrons. The molecule has 0 bridgehead atoms. The molecule has 0 aromatic heterocycles. The first-order valence-corrected chi connectivity index (χ1v) is 22.0. The third-order valence-corrected chi connectivity index (χ3v) is 13.7. The second-order valence-corrected chi connectivity index (χ2v) is 17.1. The lowest BCUT2D eigenvalue weighted by molar-refractivity contribution is 0.828. The number of nitrogens with zero attached hydrogens (tertiary/aromatic N) is 3. The summed E-state index contributed by atoms with van der Waals surface area (Å²) in [5.41, 5.74) is 17.6. The lowest BCUT2D eigenvalue weighted by Crippen LogP contribution is -2.23. The van der Waals surface area contributed by atoms with Crippen molar-refractivity contribution in [3.63, 3.8) is 0 Å². The van der Waals surface area contributed by atoms with Gasteiger partial charge >= 0.3 is 0 Å². The van der Waals surface area contributed by atoms with Gasteiger partial charge in [0.1, 0.15) is 6.17 Å². The Labute approximate surface area is 376 Å². The highest BCUT2D eigenvalue weighted by molar-refractivity contribution is 6.27. The minimum Gasteiger partial charge on any atom is -0.359 e. The van der Waals surface area contributed by atoms with Gasteiger partial charge in [0.05, 0.1) is 34.6 Å². The molecular formula is C61H36N4. The third-order valence-electron chi connectivity index (χ3n) is 13.7. The quantitative estimate of drug-likeness (QED) is 0.176. The van der Waals surface area contributed by atoms with Gasteiger partial charge in [0.25, 0.3) is 0 Å². The van der Waals surface area contributed by atoms with Crippen LogP contribution < -0.4 is 10.2 Å². The van der Waals surface area contributed by atoms with Gasteiger partial charge in [-0.15, -0.1) is 0 Å².